The molecule has 0 amide bonds. The van der Waals surface area contributed by atoms with Crippen molar-refractivity contribution in [2.75, 3.05) is 0 Å². The zero-order valence-electron chi connectivity index (χ0n) is 5.76. The number of benzene rings is 1. The second kappa shape index (κ2) is 3.61. The molecule has 0 aromatic heterocycles. The van der Waals surface area contributed by atoms with Crippen LogP contribution in [0.3, 0.4) is 0 Å². The molecule has 0 saturated heterocycles. The molecule has 0 atom stereocenters. The topological polar surface area (TPSA) is 20.2 Å². The van der Waals surface area contributed by atoms with Gasteiger partial charge >= 0.3 is 0 Å². The minimum absolute atomic E-state index is 0. The summed E-state index contributed by atoms with van der Waals surface area (Å²) < 4.78 is 0. The molecule has 0 aliphatic heterocycles. The fourth-order valence-corrected chi connectivity index (χ4v) is 0.545. The Labute approximate surface area is 66.9 Å². The molecule has 0 fully saturated rings. The summed E-state index contributed by atoms with van der Waals surface area (Å²) in [5, 5.41) is 8.76. The van der Waals surface area contributed by atoms with Crippen LogP contribution in [-0.4, -0.2) is 24.0 Å². The molecule has 0 bridgehead atoms. The van der Waals surface area contributed by atoms with Gasteiger partial charge in [-0.15, -0.1) is 0 Å². The third-order valence-electron chi connectivity index (χ3n) is 1.03. The van der Waals surface area contributed by atoms with E-state index in [0.717, 1.165) is 0 Å². The summed E-state index contributed by atoms with van der Waals surface area (Å²) >= 11 is 0. The first-order chi connectivity index (χ1) is 3.79. The molecule has 0 spiro atoms. The Balaban J connectivity index is 0.000000640. The summed E-state index contributed by atoms with van der Waals surface area (Å²) in [6.07, 6.45) is 0. The summed E-state index contributed by atoms with van der Waals surface area (Å²) in [7, 11) is 0. The zero-order valence-corrected chi connectivity index (χ0v) is 5.76. The van der Waals surface area contributed by atoms with Crippen molar-refractivity contribution in [2.45, 2.75) is 6.92 Å². The third kappa shape index (κ3) is 2.60. The van der Waals surface area contributed by atoms with Crippen molar-refractivity contribution in [3.8, 4) is 5.75 Å². The summed E-state index contributed by atoms with van der Waals surface area (Å²) in [5.74, 6) is 0.329. The molecule has 0 aliphatic carbocycles. The van der Waals surface area contributed by atoms with Gasteiger partial charge in [-0.3, -0.25) is 0 Å². The van der Waals surface area contributed by atoms with Gasteiger partial charge < -0.3 is 5.11 Å². The molecule has 2 heteroatoms. The molecule has 1 aromatic carbocycles. The van der Waals surface area contributed by atoms with Gasteiger partial charge in [-0.25, -0.2) is 0 Å². The van der Waals surface area contributed by atoms with Crippen LogP contribution >= 0.6 is 0 Å². The summed E-state index contributed by atoms with van der Waals surface area (Å²) in [6.45, 7) is 1.99. The molecule has 9 heavy (non-hydrogen) atoms. The average Bonchev–Trinajstić information content (AvgIpc) is 1.77. The van der Waals surface area contributed by atoms with E-state index in [1.807, 2.05) is 19.1 Å². The van der Waals surface area contributed by atoms with Gasteiger partial charge in [0.05, 0.1) is 0 Å². The van der Waals surface area contributed by atoms with Crippen molar-refractivity contribution >= 4 is 18.9 Å². The molecule has 43 valence electrons. The van der Waals surface area contributed by atoms with Crippen molar-refractivity contribution in [1.29, 1.82) is 0 Å². The smallest absolute Gasteiger partial charge is 0.115 e. The molecule has 1 aromatic rings. The summed E-state index contributed by atoms with van der Waals surface area (Å²) in [5.41, 5.74) is 1.17. The van der Waals surface area contributed by atoms with Crippen LogP contribution in [0.25, 0.3) is 0 Å². The van der Waals surface area contributed by atoms with E-state index in [9.17, 15) is 0 Å². The number of hydrogen-bond acceptors (Lipinski definition) is 1. The standard InChI is InChI=1S/C7H8O.Li/c1-6-2-4-7(8)5-3-6;/h2-5,8H,1H3;. The quantitative estimate of drug-likeness (QED) is 0.505. The van der Waals surface area contributed by atoms with E-state index >= 15 is 0 Å². The van der Waals surface area contributed by atoms with Crippen molar-refractivity contribution in [3.05, 3.63) is 29.8 Å². The van der Waals surface area contributed by atoms with Gasteiger partial charge in [0.2, 0.25) is 0 Å². The molecule has 1 rings (SSSR count). The van der Waals surface area contributed by atoms with Gasteiger partial charge in [-0.05, 0) is 19.1 Å². The van der Waals surface area contributed by atoms with E-state index in [1.54, 1.807) is 12.1 Å². The van der Waals surface area contributed by atoms with Crippen LogP contribution in [0.5, 0.6) is 5.75 Å². The average molecular weight is 115 g/mol. The predicted octanol–water partition coefficient (Wildman–Crippen LogP) is 1.32. The van der Waals surface area contributed by atoms with Crippen LogP contribution in [0.1, 0.15) is 5.56 Å². The Morgan fingerprint density at radius 1 is 1.11 bits per heavy atom. The minimum atomic E-state index is 0. The van der Waals surface area contributed by atoms with E-state index in [-0.39, 0.29) is 18.9 Å². The number of phenols is 1. The van der Waals surface area contributed by atoms with Crippen LogP contribution < -0.4 is 0 Å². The van der Waals surface area contributed by atoms with Crippen molar-refractivity contribution in [3.63, 3.8) is 0 Å². The van der Waals surface area contributed by atoms with Gasteiger partial charge in [0.15, 0.2) is 0 Å². The molecule has 0 saturated carbocycles. The molecule has 1 N–H and O–H groups in total. The molecule has 0 aliphatic rings. The van der Waals surface area contributed by atoms with Crippen LogP contribution in [0.4, 0.5) is 0 Å². The number of phenolic OH excluding ortho intramolecular Hbond substituents is 1. The van der Waals surface area contributed by atoms with Crippen molar-refractivity contribution < 1.29 is 5.11 Å². The maximum atomic E-state index is 8.76. The largest absolute Gasteiger partial charge is 0.508 e. The maximum absolute atomic E-state index is 8.76. The van der Waals surface area contributed by atoms with E-state index in [1.165, 1.54) is 5.56 Å². The van der Waals surface area contributed by atoms with E-state index in [4.69, 9.17) is 5.11 Å². The number of aromatic hydroxyl groups is 1. The SMILES string of the molecule is Cc1ccc(O)cc1.[Li]. The Bertz CT molecular complexity index is 148. The molecular formula is C7H8LiO. The first kappa shape index (κ1) is 8.62. The Kier molecular flexibility index (Phi) is 3.45. The number of hydrogen-bond donors (Lipinski definition) is 1. The molecule has 0 heterocycles. The maximum Gasteiger partial charge on any atom is 0.115 e. The zero-order chi connectivity index (χ0) is 5.98. The van der Waals surface area contributed by atoms with E-state index in [0.29, 0.717) is 5.75 Å². The fourth-order valence-electron chi connectivity index (χ4n) is 0.545. The normalized spacial score (nSPS) is 8.11. The number of rotatable bonds is 0. The monoisotopic (exact) mass is 115 g/mol. The van der Waals surface area contributed by atoms with Crippen LogP contribution in [0.15, 0.2) is 24.3 Å². The van der Waals surface area contributed by atoms with Gasteiger partial charge in [0.1, 0.15) is 5.75 Å². The Hall–Kier alpha value is -0.383. The molecular weight excluding hydrogens is 107 g/mol. The van der Waals surface area contributed by atoms with Gasteiger partial charge in [-0.1, -0.05) is 17.7 Å². The first-order valence-corrected chi connectivity index (χ1v) is 2.54. The summed E-state index contributed by atoms with van der Waals surface area (Å²) in [4.78, 5) is 0. The van der Waals surface area contributed by atoms with Crippen LogP contribution in [0, 0.1) is 6.92 Å². The minimum Gasteiger partial charge on any atom is -0.508 e. The molecule has 0 unspecified atom stereocenters. The van der Waals surface area contributed by atoms with E-state index in [2.05, 4.69) is 0 Å². The van der Waals surface area contributed by atoms with Gasteiger partial charge in [-0.2, -0.15) is 0 Å². The summed E-state index contributed by atoms with van der Waals surface area (Å²) in [6, 6.07) is 7.09. The van der Waals surface area contributed by atoms with Crippen LogP contribution in [-0.2, 0) is 0 Å². The number of aryl methyl sites for hydroxylation is 1. The molecule has 1 nitrogen and oxygen atoms in total. The van der Waals surface area contributed by atoms with E-state index < -0.39 is 0 Å². The van der Waals surface area contributed by atoms with Gasteiger partial charge in [0.25, 0.3) is 0 Å². The third-order valence-corrected chi connectivity index (χ3v) is 1.03. The van der Waals surface area contributed by atoms with Crippen molar-refractivity contribution in [1.82, 2.24) is 0 Å². The second-order valence-corrected chi connectivity index (χ2v) is 1.84. The van der Waals surface area contributed by atoms with Crippen LogP contribution in [0.2, 0.25) is 0 Å². The van der Waals surface area contributed by atoms with Crippen molar-refractivity contribution in [2.24, 2.45) is 0 Å². The second-order valence-electron chi connectivity index (χ2n) is 1.84. The molecule has 1 radical (unpaired) electrons. The van der Waals surface area contributed by atoms with Gasteiger partial charge in [0, 0.05) is 18.9 Å². The Morgan fingerprint density at radius 2 is 1.56 bits per heavy atom. The first-order valence-electron chi connectivity index (χ1n) is 2.54. The Morgan fingerprint density at radius 3 is 1.89 bits per heavy atom. The predicted molar refractivity (Wildman–Crippen MR) is 38.6 cm³/mol. The fraction of sp³-hybridized carbons (Fsp3) is 0.143.